The van der Waals surface area contributed by atoms with Gasteiger partial charge >= 0.3 is 5.97 Å². The molecule has 1 amide bonds. The molecule has 3 N–H and O–H groups in total. The van der Waals surface area contributed by atoms with Crippen LogP contribution in [0.5, 0.6) is 0 Å². The summed E-state index contributed by atoms with van der Waals surface area (Å²) in [7, 11) is 0. The molecule has 0 rings (SSSR count). The molecule has 2 atom stereocenters. The van der Waals surface area contributed by atoms with Gasteiger partial charge in [0.2, 0.25) is 5.91 Å². The number of unbranched alkanes of at least 4 members (excludes halogenated alkanes) is 36. The number of carbonyl (C=O) groups is 2. The lowest BCUT2D eigenvalue weighted by atomic mass is 10.0. The Bertz CT molecular complexity index is 878. The van der Waals surface area contributed by atoms with Crippen LogP contribution in [0.1, 0.15) is 290 Å². The van der Waals surface area contributed by atoms with Crippen LogP contribution < -0.4 is 5.32 Å². The van der Waals surface area contributed by atoms with Gasteiger partial charge < -0.3 is 20.3 Å². The first-order valence-corrected chi connectivity index (χ1v) is 26.4. The largest absolute Gasteiger partial charge is 0.466 e. The van der Waals surface area contributed by atoms with Crippen molar-refractivity contribution in [1.82, 2.24) is 5.32 Å². The molecule has 0 aromatic heterocycles. The Morgan fingerprint density at radius 2 is 0.797 bits per heavy atom. The molecule has 0 saturated carbocycles. The Labute approximate surface area is 368 Å². The average molecular weight is 834 g/mol. The molecule has 0 aliphatic rings. The predicted molar refractivity (Wildman–Crippen MR) is 255 cm³/mol. The van der Waals surface area contributed by atoms with Gasteiger partial charge in [0, 0.05) is 12.8 Å². The van der Waals surface area contributed by atoms with E-state index in [0.717, 1.165) is 44.9 Å². The van der Waals surface area contributed by atoms with Crippen LogP contribution in [0.15, 0.2) is 12.2 Å². The first kappa shape index (κ1) is 57.6. The average Bonchev–Trinajstić information content (AvgIpc) is 3.24. The topological polar surface area (TPSA) is 95.9 Å². The Morgan fingerprint density at radius 1 is 0.458 bits per heavy atom. The fraction of sp³-hybridized carbons (Fsp3) is 0.925. The second-order valence-corrected chi connectivity index (χ2v) is 18.2. The molecule has 0 saturated heterocycles. The zero-order chi connectivity index (χ0) is 43.0. The molecule has 6 nitrogen and oxygen atoms in total. The summed E-state index contributed by atoms with van der Waals surface area (Å²) in [4.78, 5) is 24.4. The number of hydrogen-bond acceptors (Lipinski definition) is 5. The van der Waals surface area contributed by atoms with Gasteiger partial charge in [-0.05, 0) is 51.4 Å². The maximum absolute atomic E-state index is 12.4. The predicted octanol–water partition coefficient (Wildman–Crippen LogP) is 15.7. The minimum atomic E-state index is -0.664. The molecule has 59 heavy (non-hydrogen) atoms. The van der Waals surface area contributed by atoms with Gasteiger partial charge in [0.15, 0.2) is 0 Å². The van der Waals surface area contributed by atoms with Crippen LogP contribution in [0.2, 0.25) is 0 Å². The van der Waals surface area contributed by atoms with Crippen molar-refractivity contribution in [2.75, 3.05) is 13.2 Å². The van der Waals surface area contributed by atoms with Crippen molar-refractivity contribution in [3.8, 4) is 0 Å². The van der Waals surface area contributed by atoms with E-state index in [1.807, 2.05) is 0 Å². The highest BCUT2D eigenvalue weighted by molar-refractivity contribution is 5.76. The molecule has 0 spiro atoms. The van der Waals surface area contributed by atoms with E-state index in [1.54, 1.807) is 0 Å². The monoisotopic (exact) mass is 834 g/mol. The Morgan fingerprint density at radius 3 is 1.24 bits per heavy atom. The second kappa shape index (κ2) is 49.3. The number of amides is 1. The molecule has 0 aromatic carbocycles. The number of aliphatic hydroxyl groups excluding tert-OH is 2. The fourth-order valence-electron chi connectivity index (χ4n) is 8.22. The van der Waals surface area contributed by atoms with Gasteiger partial charge in [-0.15, -0.1) is 0 Å². The van der Waals surface area contributed by atoms with Gasteiger partial charge in [0.05, 0.1) is 25.4 Å². The molecule has 0 heterocycles. The second-order valence-electron chi connectivity index (χ2n) is 18.2. The molecule has 0 aliphatic heterocycles. The molecular formula is C53H103NO5. The summed E-state index contributed by atoms with van der Waals surface area (Å²) in [6, 6.07) is -0.541. The highest BCUT2D eigenvalue weighted by Gasteiger charge is 2.20. The third-order valence-electron chi connectivity index (χ3n) is 12.3. The number of allylic oxidation sites excluding steroid dienone is 2. The van der Waals surface area contributed by atoms with Gasteiger partial charge in [0.25, 0.3) is 0 Å². The number of rotatable bonds is 49. The summed E-state index contributed by atoms with van der Waals surface area (Å²) in [6.07, 6.45) is 56.2. The van der Waals surface area contributed by atoms with Gasteiger partial charge in [-0.2, -0.15) is 0 Å². The van der Waals surface area contributed by atoms with Crippen molar-refractivity contribution in [2.24, 2.45) is 0 Å². The number of nitrogens with one attached hydrogen (secondary N) is 1. The van der Waals surface area contributed by atoms with Crippen LogP contribution in [0.4, 0.5) is 0 Å². The lowest BCUT2D eigenvalue weighted by Gasteiger charge is -2.22. The van der Waals surface area contributed by atoms with Crippen LogP contribution in [0, 0.1) is 0 Å². The Kier molecular flexibility index (Phi) is 48.1. The SMILES string of the molecule is CCCCC/C=C\CCCCCCCC(=O)OCCCCCCCCCCCCCCCCCCCCCC(=O)NC(CO)C(O)CCCCCCCCCCCCC. The van der Waals surface area contributed by atoms with E-state index in [0.29, 0.717) is 25.9 Å². The highest BCUT2D eigenvalue weighted by Crippen LogP contribution is 2.17. The van der Waals surface area contributed by atoms with E-state index in [2.05, 4.69) is 31.3 Å². The summed E-state index contributed by atoms with van der Waals surface area (Å²) in [5.74, 6) is -0.0395. The van der Waals surface area contributed by atoms with Crippen LogP contribution >= 0.6 is 0 Å². The molecule has 0 bridgehead atoms. The quantitative estimate of drug-likeness (QED) is 0.0322. The van der Waals surface area contributed by atoms with Crippen molar-refractivity contribution in [3.63, 3.8) is 0 Å². The van der Waals surface area contributed by atoms with Gasteiger partial charge in [-0.3, -0.25) is 9.59 Å². The summed E-state index contributed by atoms with van der Waals surface area (Å²) in [6.45, 7) is 4.91. The van der Waals surface area contributed by atoms with Crippen LogP contribution in [-0.2, 0) is 14.3 Å². The third kappa shape index (κ3) is 45.9. The van der Waals surface area contributed by atoms with E-state index in [-0.39, 0.29) is 18.5 Å². The summed E-state index contributed by atoms with van der Waals surface area (Å²) >= 11 is 0. The van der Waals surface area contributed by atoms with Crippen LogP contribution in [0.3, 0.4) is 0 Å². The molecular weight excluding hydrogens is 731 g/mol. The molecule has 6 heteroatoms. The first-order valence-electron chi connectivity index (χ1n) is 26.4. The number of esters is 1. The van der Waals surface area contributed by atoms with E-state index < -0.39 is 12.1 Å². The standard InChI is InChI=1S/C53H103NO5/c1-3-5-7-9-11-13-15-27-31-35-39-43-47-53(58)59-48-44-40-36-32-28-24-22-20-18-16-17-19-21-23-26-30-34-38-42-46-52(57)54-50(49-55)51(56)45-41-37-33-29-25-14-12-10-8-6-4-2/h11,13,50-51,55-56H,3-10,12,14-49H2,1-2H3,(H,54,57)/b13-11-. The minimum absolute atomic E-state index is 0.00103. The molecule has 350 valence electrons. The Hall–Kier alpha value is -1.40. The summed E-state index contributed by atoms with van der Waals surface area (Å²) < 4.78 is 5.45. The van der Waals surface area contributed by atoms with Crippen LogP contribution in [-0.4, -0.2) is 47.4 Å². The summed E-state index contributed by atoms with van der Waals surface area (Å²) in [5, 5.41) is 23.1. The van der Waals surface area contributed by atoms with E-state index >= 15 is 0 Å². The van der Waals surface area contributed by atoms with Gasteiger partial charge in [-0.25, -0.2) is 0 Å². The highest BCUT2D eigenvalue weighted by atomic mass is 16.5. The molecule has 2 unspecified atom stereocenters. The van der Waals surface area contributed by atoms with E-state index in [4.69, 9.17) is 4.74 Å². The van der Waals surface area contributed by atoms with Crippen molar-refractivity contribution in [3.05, 3.63) is 12.2 Å². The lowest BCUT2D eigenvalue weighted by molar-refractivity contribution is -0.143. The number of carbonyl (C=O) groups excluding carboxylic acids is 2. The number of aliphatic hydroxyl groups is 2. The number of hydrogen-bond donors (Lipinski definition) is 3. The van der Waals surface area contributed by atoms with Crippen molar-refractivity contribution < 1.29 is 24.5 Å². The van der Waals surface area contributed by atoms with E-state index in [9.17, 15) is 19.8 Å². The minimum Gasteiger partial charge on any atom is -0.466 e. The zero-order valence-corrected chi connectivity index (χ0v) is 39.7. The number of ether oxygens (including phenoxy) is 1. The van der Waals surface area contributed by atoms with Crippen LogP contribution in [0.25, 0.3) is 0 Å². The van der Waals surface area contributed by atoms with Crippen molar-refractivity contribution in [2.45, 2.75) is 302 Å². The van der Waals surface area contributed by atoms with Crippen molar-refractivity contribution >= 4 is 11.9 Å². The van der Waals surface area contributed by atoms with Gasteiger partial charge in [-0.1, -0.05) is 238 Å². The van der Waals surface area contributed by atoms with Crippen molar-refractivity contribution in [1.29, 1.82) is 0 Å². The Balaban J connectivity index is 3.38. The third-order valence-corrected chi connectivity index (χ3v) is 12.3. The van der Waals surface area contributed by atoms with E-state index in [1.165, 1.54) is 212 Å². The molecule has 0 radical (unpaired) electrons. The zero-order valence-electron chi connectivity index (χ0n) is 39.7. The molecule has 0 aliphatic carbocycles. The smallest absolute Gasteiger partial charge is 0.305 e. The normalized spacial score (nSPS) is 12.7. The molecule has 0 fully saturated rings. The maximum Gasteiger partial charge on any atom is 0.305 e. The fourth-order valence-corrected chi connectivity index (χ4v) is 8.22. The maximum atomic E-state index is 12.4. The summed E-state index contributed by atoms with van der Waals surface area (Å²) in [5.41, 5.74) is 0. The van der Waals surface area contributed by atoms with Gasteiger partial charge in [0.1, 0.15) is 0 Å². The lowest BCUT2D eigenvalue weighted by Crippen LogP contribution is -2.45. The first-order chi connectivity index (χ1) is 29.0. The molecule has 0 aromatic rings.